The summed E-state index contributed by atoms with van der Waals surface area (Å²) in [5.41, 5.74) is -0.396. The zero-order valence-electron chi connectivity index (χ0n) is 11.5. The molecule has 3 fully saturated rings. The van der Waals surface area contributed by atoms with Crippen LogP contribution in [-0.4, -0.2) is 47.8 Å². The van der Waals surface area contributed by atoms with Crippen LogP contribution in [0.1, 0.15) is 51.4 Å². The molecule has 0 spiro atoms. The van der Waals surface area contributed by atoms with E-state index in [9.17, 15) is 5.11 Å². The Morgan fingerprint density at radius 1 is 1.11 bits per heavy atom. The molecule has 2 N–H and O–H groups in total. The van der Waals surface area contributed by atoms with Crippen LogP contribution in [0.25, 0.3) is 0 Å². The van der Waals surface area contributed by atoms with Crippen LogP contribution < -0.4 is 5.32 Å². The maximum absolute atomic E-state index is 10.4. The lowest BCUT2D eigenvalue weighted by Gasteiger charge is -2.32. The fraction of sp³-hybridized carbons (Fsp3) is 1.00. The fourth-order valence-electron chi connectivity index (χ4n) is 3.70. The second kappa shape index (κ2) is 5.48. The average molecular weight is 252 g/mol. The highest BCUT2D eigenvalue weighted by atomic mass is 16.3. The van der Waals surface area contributed by atoms with Crippen LogP contribution >= 0.6 is 0 Å². The van der Waals surface area contributed by atoms with Crippen molar-refractivity contribution in [1.82, 2.24) is 10.2 Å². The third-order valence-electron chi connectivity index (χ3n) is 5.05. The van der Waals surface area contributed by atoms with Gasteiger partial charge in [0.25, 0.3) is 0 Å². The summed E-state index contributed by atoms with van der Waals surface area (Å²) in [7, 11) is 0. The molecule has 3 nitrogen and oxygen atoms in total. The molecule has 104 valence electrons. The van der Waals surface area contributed by atoms with E-state index in [4.69, 9.17) is 0 Å². The second-order valence-corrected chi connectivity index (χ2v) is 6.80. The number of hydrogen-bond acceptors (Lipinski definition) is 3. The van der Waals surface area contributed by atoms with Crippen molar-refractivity contribution in [1.29, 1.82) is 0 Å². The van der Waals surface area contributed by atoms with Crippen LogP contribution in [0.15, 0.2) is 0 Å². The predicted octanol–water partition coefficient (Wildman–Crippen LogP) is 1.76. The van der Waals surface area contributed by atoms with Gasteiger partial charge in [0.2, 0.25) is 0 Å². The van der Waals surface area contributed by atoms with Gasteiger partial charge in [-0.2, -0.15) is 0 Å². The van der Waals surface area contributed by atoms with E-state index in [-0.39, 0.29) is 0 Å². The molecule has 1 aliphatic heterocycles. The molecule has 0 radical (unpaired) electrons. The van der Waals surface area contributed by atoms with Gasteiger partial charge in [0, 0.05) is 19.1 Å². The van der Waals surface area contributed by atoms with Gasteiger partial charge in [-0.3, -0.25) is 0 Å². The van der Waals surface area contributed by atoms with Gasteiger partial charge < -0.3 is 15.3 Å². The molecular weight excluding hydrogens is 224 g/mol. The summed E-state index contributed by atoms with van der Waals surface area (Å²) in [6.07, 6.45) is 9.93. The Kier molecular flexibility index (Phi) is 3.92. The first-order valence-corrected chi connectivity index (χ1v) is 7.92. The van der Waals surface area contributed by atoms with Crippen molar-refractivity contribution in [2.75, 3.05) is 26.2 Å². The lowest BCUT2D eigenvalue weighted by atomic mass is 9.85. The Bertz CT molecular complexity index is 272. The number of likely N-dealkylation sites (tertiary alicyclic amines) is 1. The summed E-state index contributed by atoms with van der Waals surface area (Å²) in [5.74, 6) is 0.817. The van der Waals surface area contributed by atoms with E-state index in [2.05, 4.69) is 10.2 Å². The Morgan fingerprint density at radius 3 is 2.61 bits per heavy atom. The van der Waals surface area contributed by atoms with Crippen LogP contribution in [0, 0.1) is 5.92 Å². The highest BCUT2D eigenvalue weighted by Gasteiger charge is 2.34. The molecule has 18 heavy (non-hydrogen) atoms. The second-order valence-electron chi connectivity index (χ2n) is 6.80. The van der Waals surface area contributed by atoms with Crippen molar-refractivity contribution in [3.8, 4) is 0 Å². The van der Waals surface area contributed by atoms with Gasteiger partial charge in [0.15, 0.2) is 0 Å². The molecular formula is C15H28N2O. The van der Waals surface area contributed by atoms with E-state index >= 15 is 0 Å². The van der Waals surface area contributed by atoms with Crippen molar-refractivity contribution in [2.24, 2.45) is 5.92 Å². The van der Waals surface area contributed by atoms with Crippen molar-refractivity contribution >= 4 is 0 Å². The Labute approximate surface area is 111 Å². The van der Waals surface area contributed by atoms with Crippen molar-refractivity contribution in [3.05, 3.63) is 0 Å². The van der Waals surface area contributed by atoms with Gasteiger partial charge in [-0.05, 0) is 51.1 Å². The number of aliphatic hydroxyl groups is 1. The first-order valence-electron chi connectivity index (χ1n) is 7.92. The molecule has 2 saturated carbocycles. The van der Waals surface area contributed by atoms with Gasteiger partial charge in [-0.25, -0.2) is 0 Å². The minimum absolute atomic E-state index is 0.396. The third-order valence-corrected chi connectivity index (χ3v) is 5.05. The normalized spacial score (nSPS) is 32.8. The van der Waals surface area contributed by atoms with E-state index in [1.807, 2.05) is 0 Å². The molecule has 1 heterocycles. The summed E-state index contributed by atoms with van der Waals surface area (Å²) in [6, 6.07) is 0.928. The van der Waals surface area contributed by atoms with E-state index in [0.717, 1.165) is 37.9 Å². The van der Waals surface area contributed by atoms with Crippen LogP contribution in [0.4, 0.5) is 0 Å². The van der Waals surface area contributed by atoms with Crippen LogP contribution in [-0.2, 0) is 0 Å². The van der Waals surface area contributed by atoms with Crippen molar-refractivity contribution in [3.63, 3.8) is 0 Å². The lowest BCUT2D eigenvalue weighted by molar-refractivity contribution is 0.00439. The van der Waals surface area contributed by atoms with Gasteiger partial charge in [0.1, 0.15) is 0 Å². The molecule has 3 aliphatic rings. The smallest absolute Gasteiger partial charge is 0.0771 e. The summed E-state index contributed by atoms with van der Waals surface area (Å²) in [4.78, 5) is 2.67. The first kappa shape index (κ1) is 12.9. The van der Waals surface area contributed by atoms with Crippen molar-refractivity contribution in [2.45, 2.75) is 63.0 Å². The van der Waals surface area contributed by atoms with Gasteiger partial charge in [0.05, 0.1) is 5.60 Å². The third kappa shape index (κ3) is 3.25. The Morgan fingerprint density at radius 2 is 1.89 bits per heavy atom. The zero-order valence-corrected chi connectivity index (χ0v) is 11.5. The van der Waals surface area contributed by atoms with Crippen LogP contribution in [0.2, 0.25) is 0 Å². The number of rotatable bonds is 5. The maximum atomic E-state index is 10.4. The van der Waals surface area contributed by atoms with E-state index in [1.165, 1.54) is 51.6 Å². The molecule has 0 aromatic rings. The van der Waals surface area contributed by atoms with E-state index < -0.39 is 5.60 Å². The van der Waals surface area contributed by atoms with Crippen LogP contribution in [0.3, 0.4) is 0 Å². The highest BCUT2D eigenvalue weighted by molar-refractivity contribution is 4.90. The summed E-state index contributed by atoms with van der Waals surface area (Å²) >= 11 is 0. The topological polar surface area (TPSA) is 35.5 Å². The molecule has 1 unspecified atom stereocenters. The Hall–Kier alpha value is -0.120. The SMILES string of the molecule is OC1(CNCC2CCN(C3CC3)C2)CCCCC1. The minimum atomic E-state index is -0.396. The average Bonchev–Trinajstić information content (AvgIpc) is 3.11. The Balaban J connectivity index is 1.34. The highest BCUT2D eigenvalue weighted by Crippen LogP contribution is 2.31. The standard InChI is InChI=1S/C15H28N2O/c18-15(7-2-1-3-8-15)12-16-10-13-6-9-17(11-13)14-4-5-14/h13-14,16,18H,1-12H2. The fourth-order valence-corrected chi connectivity index (χ4v) is 3.70. The summed E-state index contributed by atoms with van der Waals surface area (Å²) in [5, 5.41) is 14.0. The molecule has 1 atom stereocenters. The van der Waals surface area contributed by atoms with E-state index in [1.54, 1.807) is 0 Å². The molecule has 0 amide bonds. The molecule has 0 aromatic carbocycles. The molecule has 0 bridgehead atoms. The first-order chi connectivity index (χ1) is 8.75. The summed E-state index contributed by atoms with van der Waals surface area (Å²) < 4.78 is 0. The monoisotopic (exact) mass is 252 g/mol. The summed E-state index contributed by atoms with van der Waals surface area (Å²) in [6.45, 7) is 4.51. The number of nitrogens with zero attached hydrogens (tertiary/aromatic N) is 1. The minimum Gasteiger partial charge on any atom is -0.389 e. The maximum Gasteiger partial charge on any atom is 0.0771 e. The molecule has 0 aromatic heterocycles. The molecule has 3 heteroatoms. The number of nitrogens with one attached hydrogen (secondary N) is 1. The van der Waals surface area contributed by atoms with Crippen molar-refractivity contribution < 1.29 is 5.11 Å². The van der Waals surface area contributed by atoms with Gasteiger partial charge in [-0.1, -0.05) is 19.3 Å². The molecule has 1 saturated heterocycles. The van der Waals surface area contributed by atoms with Gasteiger partial charge in [-0.15, -0.1) is 0 Å². The zero-order chi connectivity index (χ0) is 12.4. The molecule has 2 aliphatic carbocycles. The molecule has 3 rings (SSSR count). The lowest BCUT2D eigenvalue weighted by Crippen LogP contribution is -2.43. The number of hydrogen-bond donors (Lipinski definition) is 2. The van der Waals surface area contributed by atoms with Crippen LogP contribution in [0.5, 0.6) is 0 Å². The van der Waals surface area contributed by atoms with E-state index in [0.29, 0.717) is 0 Å². The quantitative estimate of drug-likeness (QED) is 0.782. The predicted molar refractivity (Wildman–Crippen MR) is 73.6 cm³/mol. The largest absolute Gasteiger partial charge is 0.389 e. The van der Waals surface area contributed by atoms with Gasteiger partial charge >= 0.3 is 0 Å².